The lowest BCUT2D eigenvalue weighted by molar-refractivity contribution is 1.18. The second-order valence-electron chi connectivity index (χ2n) is 12.9. The average Bonchev–Trinajstić information content (AvgIpc) is 3.51. The summed E-state index contributed by atoms with van der Waals surface area (Å²) in [5.41, 5.74) is 11.1. The van der Waals surface area contributed by atoms with Gasteiger partial charge >= 0.3 is 0 Å². The molecule has 0 aliphatic heterocycles. The number of rotatable bonds is 4. The van der Waals surface area contributed by atoms with Crippen molar-refractivity contribution in [3.05, 3.63) is 188 Å². The molecule has 1 nitrogen and oxygen atoms in total. The van der Waals surface area contributed by atoms with E-state index in [-0.39, 0.29) is 0 Å². The molecule has 0 fully saturated rings. The minimum Gasteiger partial charge on any atom is -0.309 e. The van der Waals surface area contributed by atoms with Gasteiger partial charge in [-0.3, -0.25) is 0 Å². The third kappa shape index (κ3) is 4.40. The highest BCUT2D eigenvalue weighted by Crippen LogP contribution is 2.44. The Labute approximate surface area is 284 Å². The predicted molar refractivity (Wildman–Crippen MR) is 210 cm³/mol. The van der Waals surface area contributed by atoms with Crippen LogP contribution in [-0.4, -0.2) is 4.57 Å². The van der Waals surface area contributed by atoms with Gasteiger partial charge in [-0.05, 0) is 102 Å². The van der Waals surface area contributed by atoms with Gasteiger partial charge in [-0.25, -0.2) is 0 Å². The second kappa shape index (κ2) is 11.1. The standard InChI is InChI=1S/C48H31N/c1-2-13-33(14-3-1)47-40-17-6-8-19-42(40)48(43-20-9-7-18-41(43)47)34-24-27-38(28-25-34)49-45-21-11-10-16-39(45)44-31-37(26-29-46(44)49)36-23-22-32-12-4-5-15-35(32)30-36/h1-31H. The monoisotopic (exact) mass is 621 g/mol. The molecule has 0 N–H and O–H groups in total. The molecule has 1 heteroatoms. The third-order valence-corrected chi connectivity index (χ3v) is 10.2. The van der Waals surface area contributed by atoms with Crippen LogP contribution >= 0.6 is 0 Å². The summed E-state index contributed by atoms with van der Waals surface area (Å²) in [6.07, 6.45) is 0. The fourth-order valence-electron chi connectivity index (χ4n) is 7.93. The fourth-order valence-corrected chi connectivity index (χ4v) is 7.93. The normalized spacial score (nSPS) is 11.7. The molecular formula is C48H31N. The Balaban J connectivity index is 1.14. The van der Waals surface area contributed by atoms with Gasteiger partial charge in [0, 0.05) is 16.5 Å². The number of hydrogen-bond acceptors (Lipinski definition) is 0. The average molecular weight is 622 g/mol. The van der Waals surface area contributed by atoms with Crippen LogP contribution in [0, 0.1) is 0 Å². The highest BCUT2D eigenvalue weighted by Gasteiger charge is 2.17. The number of benzene rings is 9. The van der Waals surface area contributed by atoms with Crippen LogP contribution in [0.4, 0.5) is 0 Å². The first-order chi connectivity index (χ1) is 24.3. The van der Waals surface area contributed by atoms with E-state index in [4.69, 9.17) is 0 Å². The van der Waals surface area contributed by atoms with E-state index in [0.29, 0.717) is 0 Å². The van der Waals surface area contributed by atoms with Gasteiger partial charge in [0.2, 0.25) is 0 Å². The lowest BCUT2D eigenvalue weighted by atomic mass is 9.86. The van der Waals surface area contributed by atoms with Crippen LogP contribution in [0.3, 0.4) is 0 Å². The van der Waals surface area contributed by atoms with Gasteiger partial charge in [0.1, 0.15) is 0 Å². The van der Waals surface area contributed by atoms with Crippen molar-refractivity contribution in [1.82, 2.24) is 4.57 Å². The van der Waals surface area contributed by atoms with Crippen molar-refractivity contribution in [3.63, 3.8) is 0 Å². The van der Waals surface area contributed by atoms with E-state index in [1.54, 1.807) is 0 Å². The van der Waals surface area contributed by atoms with Gasteiger partial charge in [0.05, 0.1) is 11.0 Å². The van der Waals surface area contributed by atoms with Gasteiger partial charge in [-0.2, -0.15) is 0 Å². The SMILES string of the molecule is c1ccc(-c2c3ccccc3c(-c3ccc(-n4c5ccccc5c5cc(-c6ccc7ccccc7c6)ccc54)cc3)c3ccccc23)cc1. The number of fused-ring (bicyclic) bond motifs is 6. The van der Waals surface area contributed by atoms with Crippen molar-refractivity contribution >= 4 is 54.1 Å². The summed E-state index contributed by atoms with van der Waals surface area (Å²) in [5, 5.41) is 10.1. The van der Waals surface area contributed by atoms with Crippen molar-refractivity contribution in [2.45, 2.75) is 0 Å². The molecule has 10 aromatic rings. The first kappa shape index (κ1) is 27.7. The van der Waals surface area contributed by atoms with E-state index < -0.39 is 0 Å². The predicted octanol–water partition coefficient (Wildman–Crippen LogP) is 13.2. The van der Waals surface area contributed by atoms with Crippen LogP contribution in [0.2, 0.25) is 0 Å². The summed E-state index contributed by atoms with van der Waals surface area (Å²) in [6.45, 7) is 0. The maximum Gasteiger partial charge on any atom is 0.0541 e. The van der Waals surface area contributed by atoms with Gasteiger partial charge in [-0.1, -0.05) is 152 Å². The minimum absolute atomic E-state index is 1.16. The van der Waals surface area contributed by atoms with E-state index in [0.717, 1.165) is 5.69 Å². The summed E-state index contributed by atoms with van der Waals surface area (Å²) in [7, 11) is 0. The summed E-state index contributed by atoms with van der Waals surface area (Å²) in [6, 6.07) is 68.7. The first-order valence-corrected chi connectivity index (χ1v) is 16.9. The van der Waals surface area contributed by atoms with E-state index in [1.165, 1.54) is 87.5 Å². The Hall–Kier alpha value is -6.44. The molecule has 0 bridgehead atoms. The molecule has 228 valence electrons. The van der Waals surface area contributed by atoms with E-state index in [9.17, 15) is 0 Å². The zero-order valence-corrected chi connectivity index (χ0v) is 26.8. The van der Waals surface area contributed by atoms with Crippen molar-refractivity contribution < 1.29 is 0 Å². The Kier molecular flexibility index (Phi) is 6.25. The van der Waals surface area contributed by atoms with Crippen LogP contribution in [0.15, 0.2) is 188 Å². The first-order valence-electron chi connectivity index (χ1n) is 16.9. The molecule has 9 aromatic carbocycles. The van der Waals surface area contributed by atoms with Crippen LogP contribution in [0.1, 0.15) is 0 Å². The summed E-state index contributed by atoms with van der Waals surface area (Å²) >= 11 is 0. The molecular weight excluding hydrogens is 591 g/mol. The number of nitrogens with zero attached hydrogens (tertiary/aromatic N) is 1. The van der Waals surface area contributed by atoms with Crippen LogP contribution < -0.4 is 0 Å². The van der Waals surface area contributed by atoms with Crippen LogP contribution in [0.5, 0.6) is 0 Å². The largest absolute Gasteiger partial charge is 0.309 e. The van der Waals surface area contributed by atoms with Crippen LogP contribution in [0.25, 0.3) is 93.2 Å². The molecule has 0 amide bonds. The number of para-hydroxylation sites is 1. The lowest BCUT2D eigenvalue weighted by Gasteiger charge is -2.18. The van der Waals surface area contributed by atoms with Gasteiger partial charge in [0.15, 0.2) is 0 Å². The maximum absolute atomic E-state index is 2.41. The second-order valence-corrected chi connectivity index (χ2v) is 12.9. The van der Waals surface area contributed by atoms with Crippen LogP contribution in [-0.2, 0) is 0 Å². The van der Waals surface area contributed by atoms with Gasteiger partial charge < -0.3 is 4.57 Å². The molecule has 0 radical (unpaired) electrons. The van der Waals surface area contributed by atoms with E-state index in [2.05, 4.69) is 193 Å². The fraction of sp³-hybridized carbons (Fsp3) is 0. The molecule has 0 saturated carbocycles. The molecule has 0 saturated heterocycles. The zero-order valence-electron chi connectivity index (χ0n) is 26.8. The minimum atomic E-state index is 1.16. The maximum atomic E-state index is 2.41. The quantitative estimate of drug-likeness (QED) is 0.172. The molecule has 1 heterocycles. The number of aromatic nitrogens is 1. The van der Waals surface area contributed by atoms with Crippen molar-refractivity contribution in [3.8, 4) is 39.1 Å². The Bertz CT molecular complexity index is 2800. The van der Waals surface area contributed by atoms with Crippen molar-refractivity contribution in [2.24, 2.45) is 0 Å². The molecule has 10 rings (SSSR count). The highest BCUT2D eigenvalue weighted by molar-refractivity contribution is 6.21. The molecule has 0 atom stereocenters. The number of hydrogen-bond donors (Lipinski definition) is 0. The molecule has 0 unspecified atom stereocenters. The van der Waals surface area contributed by atoms with E-state index in [1.807, 2.05) is 0 Å². The molecule has 0 aliphatic carbocycles. The van der Waals surface area contributed by atoms with Gasteiger partial charge in [-0.15, -0.1) is 0 Å². The summed E-state index contributed by atoms with van der Waals surface area (Å²) in [4.78, 5) is 0. The summed E-state index contributed by atoms with van der Waals surface area (Å²) < 4.78 is 2.41. The van der Waals surface area contributed by atoms with Gasteiger partial charge in [0.25, 0.3) is 0 Å². The van der Waals surface area contributed by atoms with E-state index >= 15 is 0 Å². The Morgan fingerprint density at radius 2 is 0.735 bits per heavy atom. The third-order valence-electron chi connectivity index (χ3n) is 10.2. The molecule has 0 spiro atoms. The van der Waals surface area contributed by atoms with Crippen molar-refractivity contribution in [1.29, 1.82) is 0 Å². The lowest BCUT2D eigenvalue weighted by Crippen LogP contribution is -1.94. The smallest absolute Gasteiger partial charge is 0.0541 e. The molecule has 0 aliphatic rings. The Morgan fingerprint density at radius 3 is 1.41 bits per heavy atom. The Morgan fingerprint density at radius 1 is 0.265 bits per heavy atom. The zero-order chi connectivity index (χ0) is 32.3. The molecule has 49 heavy (non-hydrogen) atoms. The summed E-state index contributed by atoms with van der Waals surface area (Å²) in [5.74, 6) is 0. The molecule has 1 aromatic heterocycles. The highest BCUT2D eigenvalue weighted by atomic mass is 15.0. The van der Waals surface area contributed by atoms with Crippen molar-refractivity contribution in [2.75, 3.05) is 0 Å². The topological polar surface area (TPSA) is 4.93 Å².